The van der Waals surface area contributed by atoms with Gasteiger partial charge in [0.25, 0.3) is 0 Å². The number of carboxylic acid groups (broad SMARTS) is 3. The van der Waals surface area contributed by atoms with Crippen LogP contribution in [0.25, 0.3) is 43.5 Å². The van der Waals surface area contributed by atoms with Crippen molar-refractivity contribution >= 4 is 183 Å². The Morgan fingerprint density at radius 1 is 0.443 bits per heavy atom. The minimum atomic E-state index is -2.29. The molecule has 0 aliphatic rings. The molecule has 115 heavy (non-hydrogen) atoms. The van der Waals surface area contributed by atoms with E-state index >= 15 is 0 Å². The summed E-state index contributed by atoms with van der Waals surface area (Å²) >= 11 is 13.3. The standard InChI is InChI=1S/C24H27BrO8S.C24H25O2P.C18H17BrO7S.C17H13BrO8S/c1-7-31-18(27)13-32-20-19(25)21(34-22(20)23(28)30-6)15-8-10-16(29-5)14(12-15)9-11-17(26)33-24(2,3)4;1-24(2,3)26-23(25)19-27(20-13-7-4-8-14-20,21-15-9-5-10-16-21)22-17-11-6-12-18-22;1-4-25-13(21)9-26-15-14(19)16(27-17(15)18(22)24-3)10-5-6-12(23-2)11(7-10)8-20;1-25-10-4-2-9(6-8(10)3-5-11(19)20)15-13(18)14(26-7-12(21)22)16(27-15)17(23)24/h8-12H,7,13H2,1-6H3;4-19H,1-3H3;5-8H,4,9H2,1-3H3;2-6H,7H2,1H3,(H,19,20)(H,21,22)(H,23,24). The smallest absolute Gasteiger partial charge is 0.351 e. The van der Waals surface area contributed by atoms with Crippen LogP contribution in [-0.4, -0.2) is 161 Å². The van der Waals surface area contributed by atoms with Crippen molar-refractivity contribution in [1.29, 1.82) is 0 Å². The van der Waals surface area contributed by atoms with Crippen LogP contribution in [-0.2, 0) is 57.2 Å². The number of halogens is 3. The fourth-order valence-corrected chi connectivity index (χ4v) is 19.8. The third kappa shape index (κ3) is 26.4. The van der Waals surface area contributed by atoms with E-state index in [4.69, 9.17) is 67.1 Å². The first-order valence-corrected chi connectivity index (χ1v) is 41.1. The highest BCUT2D eigenvalue weighted by molar-refractivity contribution is 9.11. The highest BCUT2D eigenvalue weighted by Crippen LogP contribution is 2.50. The van der Waals surface area contributed by atoms with E-state index in [1.165, 1.54) is 47.7 Å². The number of aldehydes is 1. The summed E-state index contributed by atoms with van der Waals surface area (Å²) in [6, 6.07) is 46.1. The quantitative estimate of drug-likeness (QED) is 0.0129. The number of ether oxygens (including phenoxy) is 12. The van der Waals surface area contributed by atoms with E-state index in [1.54, 1.807) is 95.3 Å². The SMILES string of the molecule is CC(C)(C)OC(=O)C=P(c1ccccc1)(c1ccccc1)c1ccccc1.CCOC(=O)COc1c(C(=O)OC)sc(-c2ccc(OC)c(C=CC(=O)OC(C)(C)C)c2)c1Br.CCOC(=O)COc1c(C(=O)OC)sc(-c2ccc(OC)c(C=O)c2)c1Br.COc1ccc(-c2sc(C(=O)O)c(OCC(=O)O)c2Br)cc1C=CC(=O)O. The van der Waals surface area contributed by atoms with Gasteiger partial charge in [-0.2, -0.15) is 0 Å². The van der Waals surface area contributed by atoms with Crippen LogP contribution >= 0.6 is 88.7 Å². The Kier molecular flexibility index (Phi) is 35.9. The summed E-state index contributed by atoms with van der Waals surface area (Å²) < 4.78 is 63.6. The summed E-state index contributed by atoms with van der Waals surface area (Å²) in [5.41, 5.74) is 2.28. The molecular formula is C83H82Br3O25PS3. The molecule has 0 saturated carbocycles. The van der Waals surface area contributed by atoms with Gasteiger partial charge >= 0.3 is 53.7 Å². The zero-order valence-corrected chi connectivity index (χ0v) is 72.6. The Morgan fingerprint density at radius 3 is 1.11 bits per heavy atom. The van der Waals surface area contributed by atoms with Crippen LogP contribution in [0.15, 0.2) is 171 Å². The summed E-state index contributed by atoms with van der Waals surface area (Å²) in [6.07, 6.45) is 5.91. The van der Waals surface area contributed by atoms with Gasteiger partial charge in [-0.15, -0.1) is 34.0 Å². The highest BCUT2D eigenvalue weighted by Gasteiger charge is 2.32. The highest BCUT2D eigenvalue weighted by atomic mass is 79.9. The second-order valence-corrected chi connectivity index (χ2v) is 34.0. The summed E-state index contributed by atoms with van der Waals surface area (Å²) in [5, 5.41) is 30.3. The molecule has 608 valence electrons. The van der Waals surface area contributed by atoms with Crippen LogP contribution in [0.5, 0.6) is 34.5 Å². The number of rotatable bonds is 29. The van der Waals surface area contributed by atoms with Crippen LogP contribution in [0.2, 0.25) is 0 Å². The van der Waals surface area contributed by atoms with Crippen molar-refractivity contribution in [2.75, 3.05) is 68.6 Å². The number of hydrogen-bond donors (Lipinski definition) is 3. The Hall–Kier alpha value is -10.7. The van der Waals surface area contributed by atoms with Crippen molar-refractivity contribution in [3.05, 3.63) is 202 Å². The lowest BCUT2D eigenvalue weighted by molar-refractivity contribution is -0.149. The summed E-state index contributed by atoms with van der Waals surface area (Å²) in [6.45, 7) is 11.2. The number of carboxylic acids is 3. The van der Waals surface area contributed by atoms with Crippen molar-refractivity contribution in [3.63, 3.8) is 0 Å². The minimum absolute atomic E-state index is 0.0802. The first-order chi connectivity index (χ1) is 54.6. The van der Waals surface area contributed by atoms with Crippen molar-refractivity contribution in [1.82, 2.24) is 0 Å². The molecule has 0 aliphatic carbocycles. The molecule has 32 heteroatoms. The molecule has 0 aliphatic heterocycles. The molecule has 0 spiro atoms. The fraction of sp³-hybridized carbons (Fsp3) is 0.241. The minimum Gasteiger partial charge on any atom is -0.496 e. The molecule has 25 nitrogen and oxygen atoms in total. The number of methoxy groups -OCH3 is 5. The summed E-state index contributed by atoms with van der Waals surface area (Å²) in [5.74, 6) is -3.20. The number of carbonyl (C=O) groups excluding carboxylic acids is 7. The zero-order valence-electron chi connectivity index (χ0n) is 64.5. The second kappa shape index (κ2) is 44.3. The number of carbonyl (C=O) groups is 10. The Labute approximate surface area is 701 Å². The zero-order chi connectivity index (χ0) is 84.9. The monoisotopic (exact) mass is 1840 g/mol. The first-order valence-electron chi connectivity index (χ1n) is 34.4. The molecular weight excluding hydrogens is 1760 g/mol. The van der Waals surface area contributed by atoms with Gasteiger partial charge in [-0.05, 0) is 209 Å². The molecule has 3 aromatic heterocycles. The number of benzene rings is 6. The van der Waals surface area contributed by atoms with Crippen LogP contribution < -0.4 is 44.3 Å². The molecule has 0 saturated heterocycles. The van der Waals surface area contributed by atoms with Gasteiger partial charge in [-0.25, -0.2) is 43.2 Å². The van der Waals surface area contributed by atoms with E-state index in [-0.39, 0.29) is 64.3 Å². The van der Waals surface area contributed by atoms with Gasteiger partial charge in [0, 0.05) is 29.1 Å². The van der Waals surface area contributed by atoms with Crippen molar-refractivity contribution in [2.45, 2.75) is 66.6 Å². The van der Waals surface area contributed by atoms with E-state index in [2.05, 4.69) is 84.2 Å². The van der Waals surface area contributed by atoms with Gasteiger partial charge in [0.15, 0.2) is 58.0 Å². The maximum Gasteiger partial charge on any atom is 0.351 e. The predicted molar refractivity (Wildman–Crippen MR) is 453 cm³/mol. The van der Waals surface area contributed by atoms with Crippen molar-refractivity contribution < 1.29 is 120 Å². The third-order valence-corrected chi connectivity index (χ3v) is 25.6. The van der Waals surface area contributed by atoms with Crippen LogP contribution in [0.1, 0.15) is 106 Å². The van der Waals surface area contributed by atoms with Gasteiger partial charge in [0.2, 0.25) is 0 Å². The number of hydrogen-bond acceptors (Lipinski definition) is 25. The molecule has 0 amide bonds. The van der Waals surface area contributed by atoms with E-state index in [0.29, 0.717) is 79.4 Å². The molecule has 9 rings (SSSR count). The molecule has 3 N–H and O–H groups in total. The van der Waals surface area contributed by atoms with E-state index in [9.17, 15) is 53.1 Å². The predicted octanol–water partition coefficient (Wildman–Crippen LogP) is 16.6. The van der Waals surface area contributed by atoms with Crippen molar-refractivity contribution in [2.24, 2.45) is 0 Å². The molecule has 0 bridgehead atoms. The Balaban J connectivity index is 0.000000240. The summed E-state index contributed by atoms with van der Waals surface area (Å²) in [7, 11) is 6.95. The topological polar surface area (TPSA) is 342 Å². The van der Waals surface area contributed by atoms with E-state index in [0.717, 1.165) is 61.6 Å². The number of esters is 6. The van der Waals surface area contributed by atoms with Gasteiger partial charge < -0.3 is 72.2 Å². The van der Waals surface area contributed by atoms with Gasteiger partial charge in [0.1, 0.15) is 28.5 Å². The summed E-state index contributed by atoms with van der Waals surface area (Å²) in [4.78, 5) is 119. The molecule has 6 aromatic carbocycles. The van der Waals surface area contributed by atoms with Crippen LogP contribution in [0.3, 0.4) is 0 Å². The van der Waals surface area contributed by atoms with Gasteiger partial charge in [0.05, 0.1) is 82.4 Å². The van der Waals surface area contributed by atoms with Crippen molar-refractivity contribution in [3.8, 4) is 65.8 Å². The normalized spacial score (nSPS) is 11.0. The molecule has 0 radical (unpaired) electrons. The van der Waals surface area contributed by atoms with Crippen LogP contribution in [0.4, 0.5) is 0 Å². The van der Waals surface area contributed by atoms with Gasteiger partial charge in [-0.1, -0.05) is 91.0 Å². The number of aromatic carboxylic acids is 1. The van der Waals surface area contributed by atoms with E-state index in [1.807, 2.05) is 81.2 Å². The maximum absolute atomic E-state index is 12.9. The lowest BCUT2D eigenvalue weighted by atomic mass is 10.1. The molecule has 0 atom stereocenters. The molecule has 9 aromatic rings. The molecule has 0 unspecified atom stereocenters. The first kappa shape index (κ1) is 93.2. The fourth-order valence-electron chi connectivity index (χ4n) is 10.3. The lowest BCUT2D eigenvalue weighted by Crippen LogP contribution is -2.31. The van der Waals surface area contributed by atoms with Gasteiger partial charge in [-0.3, -0.25) is 4.79 Å². The average molecular weight is 1850 g/mol. The van der Waals surface area contributed by atoms with E-state index < -0.39 is 72.4 Å². The second-order valence-electron chi connectivity index (χ2n) is 25.3. The number of thiophene rings is 3. The Bertz CT molecular complexity index is 4970. The maximum atomic E-state index is 12.9. The van der Waals surface area contributed by atoms with Crippen LogP contribution in [0, 0.1) is 0 Å². The molecule has 0 fully saturated rings. The Morgan fingerprint density at radius 2 is 0.783 bits per heavy atom. The molecule has 3 heterocycles. The average Bonchev–Trinajstić information content (AvgIpc) is 1.70. The third-order valence-electron chi connectivity index (χ3n) is 15.0. The largest absolute Gasteiger partial charge is 0.496 e. The lowest BCUT2D eigenvalue weighted by Gasteiger charge is -2.29. The number of aliphatic carboxylic acids is 2.